The number of carbonyl (C=O) groups is 1. The molecule has 0 saturated carbocycles. The summed E-state index contributed by atoms with van der Waals surface area (Å²) >= 11 is 0. The Morgan fingerprint density at radius 1 is 1.24 bits per heavy atom. The van der Waals surface area contributed by atoms with Gasteiger partial charge in [0.2, 0.25) is 22.7 Å². The average Bonchev–Trinajstić information content (AvgIpc) is 3.13. The minimum atomic E-state index is -3.78. The molecule has 0 bridgehead atoms. The van der Waals surface area contributed by atoms with Crippen molar-refractivity contribution in [1.82, 2.24) is 9.88 Å². The first kappa shape index (κ1) is 17.2. The standard InChI is InChI=1S/C15H17N3O6S/c1-9-15(10(2)24-18-9)25(20,21)16-6-5-14(19)17-11-3-4-12-13(7-11)23-8-22-12/h3-4,7,16H,5-6,8H2,1-2H3,(H,17,19). The summed E-state index contributed by atoms with van der Waals surface area (Å²) in [5.74, 6) is 1.04. The lowest BCUT2D eigenvalue weighted by atomic mass is 10.2. The second-order valence-corrected chi connectivity index (χ2v) is 7.12. The molecule has 9 nitrogen and oxygen atoms in total. The van der Waals surface area contributed by atoms with Crippen LogP contribution in [-0.2, 0) is 14.8 Å². The highest BCUT2D eigenvalue weighted by molar-refractivity contribution is 7.89. The molecule has 3 rings (SSSR count). The van der Waals surface area contributed by atoms with Gasteiger partial charge in [-0.25, -0.2) is 13.1 Å². The number of fused-ring (bicyclic) bond motifs is 1. The summed E-state index contributed by atoms with van der Waals surface area (Å²) in [5, 5.41) is 6.29. The molecule has 2 heterocycles. The van der Waals surface area contributed by atoms with E-state index in [-0.39, 0.29) is 42.0 Å². The van der Waals surface area contributed by atoms with E-state index in [1.807, 2.05) is 0 Å². The quantitative estimate of drug-likeness (QED) is 0.790. The maximum atomic E-state index is 12.2. The van der Waals surface area contributed by atoms with Crippen LogP contribution < -0.4 is 19.5 Å². The van der Waals surface area contributed by atoms with Crippen LogP contribution >= 0.6 is 0 Å². The molecule has 0 saturated heterocycles. The fourth-order valence-corrected chi connectivity index (χ4v) is 3.78. The highest BCUT2D eigenvalue weighted by Gasteiger charge is 2.24. The van der Waals surface area contributed by atoms with Gasteiger partial charge in [-0.2, -0.15) is 0 Å². The van der Waals surface area contributed by atoms with Crippen molar-refractivity contribution in [3.05, 3.63) is 29.7 Å². The summed E-state index contributed by atoms with van der Waals surface area (Å²) in [7, 11) is -3.78. The molecule has 2 N–H and O–H groups in total. The van der Waals surface area contributed by atoms with Gasteiger partial charge in [-0.05, 0) is 26.0 Å². The van der Waals surface area contributed by atoms with Crippen molar-refractivity contribution >= 4 is 21.6 Å². The number of nitrogens with zero attached hydrogens (tertiary/aromatic N) is 1. The van der Waals surface area contributed by atoms with Crippen molar-refractivity contribution in [3.8, 4) is 11.5 Å². The van der Waals surface area contributed by atoms with Crippen LogP contribution in [0.5, 0.6) is 11.5 Å². The fraction of sp³-hybridized carbons (Fsp3) is 0.333. The van der Waals surface area contributed by atoms with Gasteiger partial charge in [0.1, 0.15) is 10.6 Å². The van der Waals surface area contributed by atoms with Gasteiger partial charge in [0.15, 0.2) is 17.3 Å². The van der Waals surface area contributed by atoms with Crippen LogP contribution in [0, 0.1) is 13.8 Å². The second kappa shape index (κ2) is 6.73. The molecule has 0 spiro atoms. The predicted molar refractivity (Wildman–Crippen MR) is 87.0 cm³/mol. The van der Waals surface area contributed by atoms with Gasteiger partial charge in [0.05, 0.1) is 0 Å². The Morgan fingerprint density at radius 3 is 2.72 bits per heavy atom. The zero-order valence-electron chi connectivity index (χ0n) is 13.7. The van der Waals surface area contributed by atoms with E-state index in [1.54, 1.807) is 18.2 Å². The number of aryl methyl sites for hydroxylation is 2. The van der Waals surface area contributed by atoms with E-state index < -0.39 is 10.0 Å². The molecule has 1 aliphatic rings. The Bertz CT molecular complexity index is 886. The molecular formula is C15H17N3O6S. The molecule has 0 unspecified atom stereocenters. The third-order valence-electron chi connectivity index (χ3n) is 3.54. The van der Waals surface area contributed by atoms with Crippen molar-refractivity contribution in [3.63, 3.8) is 0 Å². The zero-order valence-corrected chi connectivity index (χ0v) is 14.5. The van der Waals surface area contributed by atoms with Crippen molar-refractivity contribution in [2.24, 2.45) is 0 Å². The zero-order chi connectivity index (χ0) is 18.0. The van der Waals surface area contributed by atoms with Crippen molar-refractivity contribution in [2.75, 3.05) is 18.7 Å². The van der Waals surface area contributed by atoms with Crippen LogP contribution in [0.25, 0.3) is 0 Å². The molecule has 1 amide bonds. The van der Waals surface area contributed by atoms with E-state index in [0.29, 0.717) is 17.2 Å². The summed E-state index contributed by atoms with van der Waals surface area (Å²) in [6.45, 7) is 3.15. The Balaban J connectivity index is 1.54. The topological polar surface area (TPSA) is 120 Å². The smallest absolute Gasteiger partial charge is 0.245 e. The highest BCUT2D eigenvalue weighted by atomic mass is 32.2. The number of anilines is 1. The molecular weight excluding hydrogens is 350 g/mol. The number of nitrogens with one attached hydrogen (secondary N) is 2. The number of benzene rings is 1. The van der Waals surface area contributed by atoms with E-state index in [0.717, 1.165) is 0 Å². The van der Waals surface area contributed by atoms with Crippen LogP contribution in [-0.4, -0.2) is 32.8 Å². The number of hydrogen-bond donors (Lipinski definition) is 2. The van der Waals surface area contributed by atoms with Gasteiger partial charge in [0, 0.05) is 24.7 Å². The first-order valence-electron chi connectivity index (χ1n) is 7.49. The van der Waals surface area contributed by atoms with Gasteiger partial charge in [-0.3, -0.25) is 4.79 Å². The fourth-order valence-electron chi connectivity index (χ4n) is 2.43. The van der Waals surface area contributed by atoms with E-state index in [9.17, 15) is 13.2 Å². The molecule has 1 aliphatic heterocycles. The number of hydrogen-bond acceptors (Lipinski definition) is 7. The third-order valence-corrected chi connectivity index (χ3v) is 5.24. The van der Waals surface area contributed by atoms with Crippen molar-refractivity contribution in [1.29, 1.82) is 0 Å². The number of carbonyl (C=O) groups excluding carboxylic acids is 1. The molecule has 2 aromatic rings. The largest absolute Gasteiger partial charge is 0.454 e. The summed E-state index contributed by atoms with van der Waals surface area (Å²) in [4.78, 5) is 12.0. The molecule has 10 heteroatoms. The number of aromatic nitrogens is 1. The maximum absolute atomic E-state index is 12.2. The number of rotatable bonds is 6. The van der Waals surface area contributed by atoms with E-state index in [2.05, 4.69) is 15.2 Å². The summed E-state index contributed by atoms with van der Waals surface area (Å²) in [6.07, 6.45) is -0.0307. The summed E-state index contributed by atoms with van der Waals surface area (Å²) in [5.41, 5.74) is 0.817. The van der Waals surface area contributed by atoms with Crippen LogP contribution in [0.15, 0.2) is 27.6 Å². The van der Waals surface area contributed by atoms with Gasteiger partial charge >= 0.3 is 0 Å². The monoisotopic (exact) mass is 367 g/mol. The molecule has 25 heavy (non-hydrogen) atoms. The van der Waals surface area contributed by atoms with E-state index in [4.69, 9.17) is 14.0 Å². The minimum Gasteiger partial charge on any atom is -0.454 e. The minimum absolute atomic E-state index is 0.00341. The Hall–Kier alpha value is -2.59. The highest BCUT2D eigenvalue weighted by Crippen LogP contribution is 2.34. The normalized spacial score (nSPS) is 13.0. The van der Waals surface area contributed by atoms with Gasteiger partial charge in [0.25, 0.3) is 0 Å². The molecule has 0 aliphatic carbocycles. The first-order chi connectivity index (χ1) is 11.9. The number of amides is 1. The lowest BCUT2D eigenvalue weighted by Gasteiger charge is -2.08. The average molecular weight is 367 g/mol. The second-order valence-electron chi connectivity index (χ2n) is 5.42. The van der Waals surface area contributed by atoms with Crippen LogP contribution in [0.3, 0.4) is 0 Å². The molecule has 0 radical (unpaired) electrons. The molecule has 1 aromatic heterocycles. The van der Waals surface area contributed by atoms with Crippen LogP contribution in [0.1, 0.15) is 17.9 Å². The van der Waals surface area contributed by atoms with Crippen molar-refractivity contribution < 1.29 is 27.2 Å². The Morgan fingerprint density at radius 2 is 2.00 bits per heavy atom. The number of ether oxygens (including phenoxy) is 2. The summed E-state index contributed by atoms with van der Waals surface area (Å²) < 4.78 is 42.1. The molecule has 0 atom stereocenters. The number of sulfonamides is 1. The molecule has 0 fully saturated rings. The van der Waals surface area contributed by atoms with Gasteiger partial charge in [-0.15, -0.1) is 0 Å². The van der Waals surface area contributed by atoms with Crippen LogP contribution in [0.4, 0.5) is 5.69 Å². The first-order valence-corrected chi connectivity index (χ1v) is 8.97. The van der Waals surface area contributed by atoms with E-state index >= 15 is 0 Å². The lowest BCUT2D eigenvalue weighted by Crippen LogP contribution is -2.28. The van der Waals surface area contributed by atoms with Crippen molar-refractivity contribution in [2.45, 2.75) is 25.2 Å². The SMILES string of the molecule is Cc1noc(C)c1S(=O)(=O)NCCC(=O)Nc1ccc2c(c1)OCO2. The molecule has 1 aromatic carbocycles. The van der Waals surface area contributed by atoms with Gasteiger partial charge < -0.3 is 19.3 Å². The van der Waals surface area contributed by atoms with E-state index in [1.165, 1.54) is 13.8 Å². The summed E-state index contributed by atoms with van der Waals surface area (Å²) in [6, 6.07) is 5.02. The maximum Gasteiger partial charge on any atom is 0.245 e. The Labute approximate surface area is 144 Å². The van der Waals surface area contributed by atoms with Gasteiger partial charge in [-0.1, -0.05) is 5.16 Å². The molecule has 134 valence electrons. The predicted octanol–water partition coefficient (Wildman–Crippen LogP) is 1.33. The van der Waals surface area contributed by atoms with Crippen LogP contribution in [0.2, 0.25) is 0 Å². The third kappa shape index (κ3) is 3.74. The lowest BCUT2D eigenvalue weighted by molar-refractivity contribution is -0.116. The Kier molecular flexibility index (Phi) is 4.64.